The normalized spacial score (nSPS) is 10.2. The first-order chi connectivity index (χ1) is 8.99. The van der Waals surface area contributed by atoms with Crippen molar-refractivity contribution >= 4 is 11.7 Å². The summed E-state index contributed by atoms with van der Waals surface area (Å²) in [6.45, 7) is 0. The van der Waals surface area contributed by atoms with E-state index in [9.17, 15) is 19.3 Å². The minimum atomic E-state index is -1.40. The van der Waals surface area contributed by atoms with Crippen molar-refractivity contribution in [2.45, 2.75) is 0 Å². The highest BCUT2D eigenvalue weighted by atomic mass is 19.1. The number of hydrogen-bond donors (Lipinski definition) is 1. The fraction of sp³-hybridized carbons (Fsp3) is 0. The van der Waals surface area contributed by atoms with E-state index in [4.69, 9.17) is 5.11 Å². The second-order valence-corrected chi connectivity index (χ2v) is 3.80. The summed E-state index contributed by atoms with van der Waals surface area (Å²) in [7, 11) is 0. The topological polar surface area (TPSA) is 80.4 Å². The van der Waals surface area contributed by atoms with E-state index >= 15 is 0 Å². The van der Waals surface area contributed by atoms with Crippen LogP contribution in [0.25, 0.3) is 11.1 Å². The highest BCUT2D eigenvalue weighted by molar-refractivity contribution is 5.94. The van der Waals surface area contributed by atoms with E-state index in [1.54, 1.807) is 6.07 Å². The lowest BCUT2D eigenvalue weighted by atomic mass is 10.0. The van der Waals surface area contributed by atoms with Crippen LogP contribution in [0.2, 0.25) is 0 Å². The first-order valence-electron chi connectivity index (χ1n) is 5.26. The first-order valence-corrected chi connectivity index (χ1v) is 5.26. The molecule has 0 saturated carbocycles. The number of aromatic carboxylic acids is 1. The van der Waals surface area contributed by atoms with Crippen LogP contribution in [0.4, 0.5) is 10.1 Å². The summed E-state index contributed by atoms with van der Waals surface area (Å²) in [5, 5.41) is 19.7. The number of nitro benzene ring substituents is 1. The maximum absolute atomic E-state index is 13.1. The maximum Gasteiger partial charge on any atom is 0.342 e. The molecule has 0 aliphatic rings. The molecule has 0 radical (unpaired) electrons. The van der Waals surface area contributed by atoms with Crippen LogP contribution in [0.15, 0.2) is 42.5 Å². The van der Waals surface area contributed by atoms with E-state index in [2.05, 4.69) is 0 Å². The highest BCUT2D eigenvalue weighted by Gasteiger charge is 2.20. The third kappa shape index (κ3) is 2.57. The summed E-state index contributed by atoms with van der Waals surface area (Å²) in [5.41, 5.74) is -0.0562. The predicted molar refractivity (Wildman–Crippen MR) is 65.4 cm³/mol. The van der Waals surface area contributed by atoms with Crippen molar-refractivity contribution in [3.8, 4) is 11.1 Å². The lowest BCUT2D eigenvalue weighted by Gasteiger charge is -2.04. The fourth-order valence-corrected chi connectivity index (χ4v) is 1.71. The summed E-state index contributed by atoms with van der Waals surface area (Å²) in [6, 6.07) is 9.21. The third-order valence-corrected chi connectivity index (χ3v) is 2.58. The molecule has 0 aliphatic carbocycles. The minimum Gasteiger partial charge on any atom is -0.477 e. The van der Waals surface area contributed by atoms with Crippen LogP contribution in [0.1, 0.15) is 10.4 Å². The average Bonchev–Trinajstić information content (AvgIpc) is 2.37. The van der Waals surface area contributed by atoms with Gasteiger partial charge in [-0.2, -0.15) is 0 Å². The van der Waals surface area contributed by atoms with Crippen molar-refractivity contribution < 1.29 is 19.2 Å². The SMILES string of the molecule is O=C(O)c1cc(-c2cccc(F)c2)ccc1[N+](=O)[O-]. The lowest BCUT2D eigenvalue weighted by Crippen LogP contribution is -2.02. The highest BCUT2D eigenvalue weighted by Crippen LogP contribution is 2.27. The zero-order valence-electron chi connectivity index (χ0n) is 9.54. The molecule has 0 fully saturated rings. The minimum absolute atomic E-state index is 0.405. The van der Waals surface area contributed by atoms with E-state index in [1.165, 1.54) is 24.3 Å². The van der Waals surface area contributed by atoms with Gasteiger partial charge in [0.1, 0.15) is 11.4 Å². The quantitative estimate of drug-likeness (QED) is 0.680. The van der Waals surface area contributed by atoms with Gasteiger partial charge in [0.05, 0.1) is 4.92 Å². The third-order valence-electron chi connectivity index (χ3n) is 2.58. The molecule has 0 aliphatic heterocycles. The van der Waals surface area contributed by atoms with Crippen LogP contribution in [0.3, 0.4) is 0 Å². The zero-order chi connectivity index (χ0) is 14.0. The zero-order valence-corrected chi connectivity index (χ0v) is 9.54. The van der Waals surface area contributed by atoms with Crippen LogP contribution < -0.4 is 0 Å². The van der Waals surface area contributed by atoms with Gasteiger partial charge in [0, 0.05) is 6.07 Å². The molecular formula is C13H8FNO4. The van der Waals surface area contributed by atoms with E-state index in [0.29, 0.717) is 11.1 Å². The number of rotatable bonds is 3. The van der Waals surface area contributed by atoms with Gasteiger partial charge in [-0.15, -0.1) is 0 Å². The van der Waals surface area contributed by atoms with E-state index in [1.807, 2.05) is 0 Å². The molecule has 0 aromatic heterocycles. The summed E-state index contributed by atoms with van der Waals surface area (Å²) < 4.78 is 13.1. The Morgan fingerprint density at radius 2 is 1.84 bits per heavy atom. The van der Waals surface area contributed by atoms with Gasteiger partial charge in [-0.05, 0) is 35.4 Å². The Balaban J connectivity index is 2.58. The number of carboxylic acids is 1. The molecule has 2 rings (SSSR count). The Bertz CT molecular complexity index is 669. The fourth-order valence-electron chi connectivity index (χ4n) is 1.71. The van der Waals surface area contributed by atoms with Gasteiger partial charge < -0.3 is 5.11 Å². The second-order valence-electron chi connectivity index (χ2n) is 3.80. The van der Waals surface area contributed by atoms with Crippen LogP contribution in [-0.2, 0) is 0 Å². The number of carboxylic acid groups (broad SMARTS) is 1. The van der Waals surface area contributed by atoms with Crippen LogP contribution in [0.5, 0.6) is 0 Å². The molecule has 0 saturated heterocycles. The molecule has 0 amide bonds. The van der Waals surface area contributed by atoms with Crippen molar-refractivity contribution in [2.75, 3.05) is 0 Å². The Hall–Kier alpha value is -2.76. The molecule has 0 bridgehead atoms. The molecule has 0 atom stereocenters. The van der Waals surface area contributed by atoms with E-state index < -0.39 is 28.0 Å². The Kier molecular flexibility index (Phi) is 3.24. The Morgan fingerprint density at radius 3 is 2.42 bits per heavy atom. The van der Waals surface area contributed by atoms with Crippen molar-refractivity contribution in [2.24, 2.45) is 0 Å². The second kappa shape index (κ2) is 4.85. The molecular weight excluding hydrogens is 253 g/mol. The van der Waals surface area contributed by atoms with E-state index in [0.717, 1.165) is 12.1 Å². The number of nitro groups is 1. The first kappa shape index (κ1) is 12.7. The molecule has 0 unspecified atom stereocenters. The van der Waals surface area contributed by atoms with Crippen molar-refractivity contribution in [1.82, 2.24) is 0 Å². The van der Waals surface area contributed by atoms with Gasteiger partial charge >= 0.3 is 5.97 Å². The summed E-state index contributed by atoms with van der Waals surface area (Å²) in [5.74, 6) is -1.86. The lowest BCUT2D eigenvalue weighted by molar-refractivity contribution is -0.385. The van der Waals surface area contributed by atoms with Crippen molar-refractivity contribution in [3.63, 3.8) is 0 Å². The smallest absolute Gasteiger partial charge is 0.342 e. The number of carbonyl (C=O) groups is 1. The van der Waals surface area contributed by atoms with Crippen LogP contribution in [0, 0.1) is 15.9 Å². The van der Waals surface area contributed by atoms with Gasteiger partial charge in [0.2, 0.25) is 0 Å². The maximum atomic E-state index is 13.1. The molecule has 0 heterocycles. The van der Waals surface area contributed by atoms with Gasteiger partial charge in [0.15, 0.2) is 0 Å². The van der Waals surface area contributed by atoms with Gasteiger partial charge in [0.25, 0.3) is 5.69 Å². The molecule has 0 spiro atoms. The predicted octanol–water partition coefficient (Wildman–Crippen LogP) is 3.10. The largest absolute Gasteiger partial charge is 0.477 e. The molecule has 6 heteroatoms. The number of benzene rings is 2. The number of nitrogens with zero attached hydrogens (tertiary/aromatic N) is 1. The van der Waals surface area contributed by atoms with Gasteiger partial charge in [-0.1, -0.05) is 12.1 Å². The molecule has 1 N–H and O–H groups in total. The molecule has 96 valence electrons. The molecule has 19 heavy (non-hydrogen) atoms. The summed E-state index contributed by atoms with van der Waals surface area (Å²) in [4.78, 5) is 20.9. The van der Waals surface area contributed by atoms with Crippen molar-refractivity contribution in [1.29, 1.82) is 0 Å². The average molecular weight is 261 g/mol. The summed E-state index contributed by atoms with van der Waals surface area (Å²) >= 11 is 0. The summed E-state index contributed by atoms with van der Waals surface area (Å²) in [6.07, 6.45) is 0. The Morgan fingerprint density at radius 1 is 1.16 bits per heavy atom. The molecule has 2 aromatic carbocycles. The molecule has 5 nitrogen and oxygen atoms in total. The van der Waals surface area contributed by atoms with Gasteiger partial charge in [-0.25, -0.2) is 9.18 Å². The van der Waals surface area contributed by atoms with Crippen molar-refractivity contribution in [3.05, 3.63) is 64.0 Å². The van der Waals surface area contributed by atoms with Crippen LogP contribution in [-0.4, -0.2) is 16.0 Å². The van der Waals surface area contributed by atoms with E-state index in [-0.39, 0.29) is 0 Å². The number of halogens is 1. The van der Waals surface area contributed by atoms with Crippen LogP contribution >= 0.6 is 0 Å². The standard InChI is InChI=1S/C13H8FNO4/c14-10-3-1-2-8(6-10)9-4-5-12(15(18)19)11(7-9)13(16)17/h1-7H,(H,16,17). The van der Waals surface area contributed by atoms with Gasteiger partial charge in [-0.3, -0.25) is 10.1 Å². The molecule has 2 aromatic rings. The monoisotopic (exact) mass is 261 g/mol. The Labute approximate surface area is 107 Å². The number of hydrogen-bond acceptors (Lipinski definition) is 3.